The molecule has 0 fully saturated rings. The summed E-state index contributed by atoms with van der Waals surface area (Å²) in [7, 11) is 1.59. The number of carbonyl (C=O) groups excluding carboxylic acids is 2. The number of nitrogens with two attached hydrogens (primary N) is 1. The van der Waals surface area contributed by atoms with Gasteiger partial charge in [0.1, 0.15) is 23.8 Å². The van der Waals surface area contributed by atoms with Gasteiger partial charge in [0.05, 0.1) is 13.0 Å². The fourth-order valence-electron chi connectivity index (χ4n) is 1.72. The summed E-state index contributed by atoms with van der Waals surface area (Å²) in [6, 6.07) is 4.19. The fourth-order valence-corrected chi connectivity index (χ4v) is 1.72. The van der Waals surface area contributed by atoms with Crippen LogP contribution in [0.4, 0.5) is 9.18 Å². The van der Waals surface area contributed by atoms with E-state index in [1.54, 1.807) is 33.9 Å². The molecule has 0 bridgehead atoms. The number of hydrogen-bond donors (Lipinski definition) is 2. The molecule has 1 aromatic carbocycles. The highest BCUT2D eigenvalue weighted by Crippen LogP contribution is 2.17. The van der Waals surface area contributed by atoms with Crippen molar-refractivity contribution in [2.24, 2.45) is 5.84 Å². The smallest absolute Gasteiger partial charge is 0.410 e. The number of likely N-dealkylation sites (N-methyl/N-ethyl adjacent to an activating group) is 1. The van der Waals surface area contributed by atoms with Gasteiger partial charge in [0.2, 0.25) is 5.91 Å². The fraction of sp³-hybridized carbons (Fsp3) is 0.500. The minimum atomic E-state index is -0.568. The average molecular weight is 341 g/mol. The predicted octanol–water partition coefficient (Wildman–Crippen LogP) is 1.60. The molecule has 8 heteroatoms. The van der Waals surface area contributed by atoms with Crippen molar-refractivity contribution in [3.8, 4) is 5.75 Å². The Morgan fingerprint density at radius 3 is 2.54 bits per heavy atom. The lowest BCUT2D eigenvalue weighted by atomic mass is 10.1. The summed E-state index contributed by atoms with van der Waals surface area (Å²) >= 11 is 0. The van der Waals surface area contributed by atoms with Crippen molar-refractivity contribution in [3.63, 3.8) is 0 Å². The zero-order valence-electron chi connectivity index (χ0n) is 14.4. The molecule has 0 aliphatic rings. The Bertz CT molecular complexity index is 587. The molecule has 0 aliphatic heterocycles. The van der Waals surface area contributed by atoms with Crippen molar-refractivity contribution in [1.29, 1.82) is 0 Å². The monoisotopic (exact) mass is 341 g/mol. The average Bonchev–Trinajstić information content (AvgIpc) is 2.47. The van der Waals surface area contributed by atoms with Crippen molar-refractivity contribution in [2.75, 3.05) is 20.2 Å². The summed E-state index contributed by atoms with van der Waals surface area (Å²) in [5.41, 5.74) is 1.59. The lowest BCUT2D eigenvalue weighted by Gasteiger charge is -2.24. The molecule has 0 radical (unpaired) electrons. The van der Waals surface area contributed by atoms with E-state index in [4.69, 9.17) is 15.3 Å². The van der Waals surface area contributed by atoms with Gasteiger partial charge in [-0.15, -0.1) is 0 Å². The molecule has 0 atom stereocenters. The normalized spacial score (nSPS) is 10.9. The molecule has 1 rings (SSSR count). The molecule has 3 N–H and O–H groups in total. The molecule has 0 aromatic heterocycles. The zero-order chi connectivity index (χ0) is 18.3. The van der Waals surface area contributed by atoms with Crippen LogP contribution in [-0.2, 0) is 16.0 Å². The van der Waals surface area contributed by atoms with E-state index in [0.717, 1.165) is 0 Å². The van der Waals surface area contributed by atoms with Crippen LogP contribution in [0.15, 0.2) is 18.2 Å². The van der Waals surface area contributed by atoms with Gasteiger partial charge >= 0.3 is 6.09 Å². The van der Waals surface area contributed by atoms with E-state index in [-0.39, 0.29) is 25.1 Å². The maximum atomic E-state index is 13.9. The van der Waals surface area contributed by atoms with Crippen LogP contribution in [0, 0.1) is 5.82 Å². The summed E-state index contributed by atoms with van der Waals surface area (Å²) in [5, 5.41) is 0. The molecule has 24 heavy (non-hydrogen) atoms. The van der Waals surface area contributed by atoms with Crippen LogP contribution >= 0.6 is 0 Å². The second kappa shape index (κ2) is 8.49. The number of nitrogens with one attached hydrogen (secondary N) is 1. The maximum absolute atomic E-state index is 13.9. The van der Waals surface area contributed by atoms with Crippen LogP contribution in [0.1, 0.15) is 26.3 Å². The number of rotatable bonds is 6. The molecule has 0 spiro atoms. The lowest BCUT2D eigenvalue weighted by Crippen LogP contribution is -2.36. The van der Waals surface area contributed by atoms with Crippen LogP contribution in [0.3, 0.4) is 0 Å². The number of hydrogen-bond acceptors (Lipinski definition) is 5. The second-order valence-corrected chi connectivity index (χ2v) is 6.25. The highest BCUT2D eigenvalue weighted by Gasteiger charge is 2.19. The second-order valence-electron chi connectivity index (χ2n) is 6.25. The summed E-state index contributed by atoms with van der Waals surface area (Å²) in [4.78, 5) is 24.3. The van der Waals surface area contributed by atoms with Crippen molar-refractivity contribution in [3.05, 3.63) is 29.6 Å². The van der Waals surface area contributed by atoms with Crippen LogP contribution in [0.25, 0.3) is 0 Å². The number of carbonyl (C=O) groups is 2. The summed E-state index contributed by atoms with van der Waals surface area (Å²) in [6.07, 6.45) is -0.607. The van der Waals surface area contributed by atoms with E-state index in [2.05, 4.69) is 0 Å². The van der Waals surface area contributed by atoms with Crippen LogP contribution in [-0.4, -0.2) is 42.7 Å². The van der Waals surface area contributed by atoms with Crippen molar-refractivity contribution >= 4 is 12.0 Å². The Kier molecular flexibility index (Phi) is 6.97. The molecule has 0 heterocycles. The largest absolute Gasteiger partial charge is 0.492 e. The topological polar surface area (TPSA) is 93.9 Å². The van der Waals surface area contributed by atoms with Gasteiger partial charge in [-0.05, 0) is 32.4 Å². The van der Waals surface area contributed by atoms with E-state index in [1.807, 2.05) is 5.43 Å². The third-order valence-corrected chi connectivity index (χ3v) is 2.94. The number of halogens is 1. The van der Waals surface area contributed by atoms with Crippen LogP contribution in [0.5, 0.6) is 5.75 Å². The van der Waals surface area contributed by atoms with Crippen LogP contribution < -0.4 is 16.0 Å². The molecule has 134 valence electrons. The first-order valence-corrected chi connectivity index (χ1v) is 7.47. The number of amides is 2. The maximum Gasteiger partial charge on any atom is 0.410 e. The first kappa shape index (κ1) is 19.7. The molecular weight excluding hydrogens is 317 g/mol. The third kappa shape index (κ3) is 6.82. The summed E-state index contributed by atoms with van der Waals surface area (Å²) < 4.78 is 24.5. The predicted molar refractivity (Wildman–Crippen MR) is 86.8 cm³/mol. The number of hydrazine groups is 1. The molecule has 1 aromatic rings. The minimum absolute atomic E-state index is 0.149. The Morgan fingerprint density at radius 2 is 2.00 bits per heavy atom. The van der Waals surface area contributed by atoms with E-state index in [1.165, 1.54) is 17.0 Å². The highest BCUT2D eigenvalue weighted by atomic mass is 19.1. The van der Waals surface area contributed by atoms with Gasteiger partial charge in [0, 0.05) is 13.1 Å². The van der Waals surface area contributed by atoms with Gasteiger partial charge in [-0.1, -0.05) is 6.07 Å². The van der Waals surface area contributed by atoms with E-state index in [9.17, 15) is 14.0 Å². The number of nitrogens with zero attached hydrogens (tertiary/aromatic N) is 1. The first-order chi connectivity index (χ1) is 11.1. The van der Waals surface area contributed by atoms with E-state index in [0.29, 0.717) is 5.75 Å². The molecule has 7 nitrogen and oxygen atoms in total. The highest BCUT2D eigenvalue weighted by molar-refractivity contribution is 5.77. The number of ether oxygens (including phenoxy) is 2. The molecule has 0 saturated carbocycles. The summed E-state index contributed by atoms with van der Waals surface area (Å²) in [5.74, 6) is 4.23. The van der Waals surface area contributed by atoms with E-state index >= 15 is 0 Å². The van der Waals surface area contributed by atoms with Gasteiger partial charge in [0.15, 0.2) is 0 Å². The molecule has 0 aliphatic carbocycles. The van der Waals surface area contributed by atoms with Gasteiger partial charge in [-0.25, -0.2) is 15.0 Å². The SMILES string of the molecule is CN(CCOc1ccc(CC(=O)NN)c(F)c1)C(=O)OC(C)(C)C. The quantitative estimate of drug-likeness (QED) is 0.466. The van der Waals surface area contributed by atoms with Gasteiger partial charge < -0.3 is 14.4 Å². The Balaban J connectivity index is 2.49. The number of benzene rings is 1. The van der Waals surface area contributed by atoms with Crippen molar-refractivity contribution in [2.45, 2.75) is 32.8 Å². The lowest BCUT2D eigenvalue weighted by molar-refractivity contribution is -0.120. The standard InChI is InChI=1S/C16H24FN3O4/c1-16(2,3)24-15(22)20(4)7-8-23-12-6-5-11(13(17)10-12)9-14(21)19-18/h5-6,10H,7-9,18H2,1-4H3,(H,19,21). The molecular formula is C16H24FN3O4. The summed E-state index contributed by atoms with van der Waals surface area (Å²) in [6.45, 7) is 5.81. The molecule has 2 amide bonds. The zero-order valence-corrected chi connectivity index (χ0v) is 14.4. The van der Waals surface area contributed by atoms with E-state index < -0.39 is 23.4 Å². The first-order valence-electron chi connectivity index (χ1n) is 7.47. The van der Waals surface area contributed by atoms with Gasteiger partial charge in [-0.2, -0.15) is 0 Å². The Morgan fingerprint density at radius 1 is 1.33 bits per heavy atom. The molecule has 0 unspecified atom stereocenters. The Hall–Kier alpha value is -2.35. The van der Waals surface area contributed by atoms with Crippen molar-refractivity contribution in [1.82, 2.24) is 10.3 Å². The Labute approximate surface area is 140 Å². The van der Waals surface area contributed by atoms with Gasteiger partial charge in [-0.3, -0.25) is 10.2 Å². The minimum Gasteiger partial charge on any atom is -0.492 e. The van der Waals surface area contributed by atoms with Gasteiger partial charge in [0.25, 0.3) is 0 Å². The molecule has 0 saturated heterocycles. The van der Waals surface area contributed by atoms with Crippen LogP contribution in [0.2, 0.25) is 0 Å². The van der Waals surface area contributed by atoms with Crippen molar-refractivity contribution < 1.29 is 23.5 Å². The third-order valence-electron chi connectivity index (χ3n) is 2.94.